The Labute approximate surface area is 117 Å². The number of nitriles is 1. The van der Waals surface area contributed by atoms with Crippen LogP contribution in [0.2, 0.25) is 0 Å². The molecular weight excluding hydrogens is 290 g/mol. The van der Waals surface area contributed by atoms with E-state index in [1.54, 1.807) is 0 Å². The number of hydrogen-bond acceptors (Lipinski definition) is 3. The SMILES string of the molecule is CN1CCCN(c2ccccc2Br)CC1CC#N. The highest BCUT2D eigenvalue weighted by atomic mass is 79.9. The van der Waals surface area contributed by atoms with Crippen LogP contribution in [0.5, 0.6) is 0 Å². The molecule has 4 heteroatoms. The number of rotatable bonds is 2. The van der Waals surface area contributed by atoms with E-state index in [9.17, 15) is 0 Å². The van der Waals surface area contributed by atoms with Crippen LogP contribution in [0.3, 0.4) is 0 Å². The highest BCUT2D eigenvalue weighted by Gasteiger charge is 2.23. The fraction of sp³-hybridized carbons (Fsp3) is 0.500. The molecule has 3 nitrogen and oxygen atoms in total. The quantitative estimate of drug-likeness (QED) is 0.841. The number of likely N-dealkylation sites (N-methyl/N-ethyl adjacent to an activating group) is 1. The zero-order valence-electron chi connectivity index (χ0n) is 10.6. The molecule has 0 N–H and O–H groups in total. The third-order valence-electron chi connectivity index (χ3n) is 3.51. The molecule has 1 unspecified atom stereocenters. The van der Waals surface area contributed by atoms with Crippen LogP contribution >= 0.6 is 15.9 Å². The van der Waals surface area contributed by atoms with Crippen molar-refractivity contribution < 1.29 is 0 Å². The van der Waals surface area contributed by atoms with Crippen molar-refractivity contribution in [3.8, 4) is 6.07 Å². The van der Waals surface area contributed by atoms with Crippen molar-refractivity contribution in [1.29, 1.82) is 5.26 Å². The van der Waals surface area contributed by atoms with E-state index in [1.807, 2.05) is 6.07 Å². The normalized spacial score (nSPS) is 21.4. The number of anilines is 1. The summed E-state index contributed by atoms with van der Waals surface area (Å²) >= 11 is 3.61. The molecule has 1 aromatic carbocycles. The molecule has 96 valence electrons. The first-order valence-corrected chi connectivity index (χ1v) is 7.08. The third-order valence-corrected chi connectivity index (χ3v) is 4.18. The molecule has 1 aromatic rings. The van der Waals surface area contributed by atoms with Crippen LogP contribution in [0, 0.1) is 11.3 Å². The first kappa shape index (κ1) is 13.4. The Morgan fingerprint density at radius 2 is 2.17 bits per heavy atom. The number of halogens is 1. The highest BCUT2D eigenvalue weighted by molar-refractivity contribution is 9.10. The average molecular weight is 308 g/mol. The molecule has 0 radical (unpaired) electrons. The molecule has 0 spiro atoms. The smallest absolute Gasteiger partial charge is 0.0638 e. The Bertz CT molecular complexity index is 441. The van der Waals surface area contributed by atoms with Gasteiger partial charge in [-0.05, 0) is 48.1 Å². The van der Waals surface area contributed by atoms with Crippen LogP contribution in [-0.2, 0) is 0 Å². The van der Waals surface area contributed by atoms with E-state index < -0.39 is 0 Å². The largest absolute Gasteiger partial charge is 0.369 e. The Morgan fingerprint density at radius 1 is 1.39 bits per heavy atom. The van der Waals surface area contributed by atoms with Crippen molar-refractivity contribution >= 4 is 21.6 Å². The molecule has 1 saturated heterocycles. The Kier molecular flexibility index (Phi) is 4.62. The predicted octanol–water partition coefficient (Wildman–Crippen LogP) is 2.87. The summed E-state index contributed by atoms with van der Waals surface area (Å²) in [7, 11) is 2.12. The Balaban J connectivity index is 2.18. The Hall–Kier alpha value is -1.05. The fourth-order valence-electron chi connectivity index (χ4n) is 2.43. The van der Waals surface area contributed by atoms with Gasteiger partial charge in [-0.3, -0.25) is 0 Å². The zero-order chi connectivity index (χ0) is 13.0. The molecular formula is C14H18BrN3. The monoisotopic (exact) mass is 307 g/mol. The second-order valence-corrected chi connectivity index (χ2v) is 5.60. The molecule has 0 aromatic heterocycles. The molecule has 1 aliphatic heterocycles. The van der Waals surface area contributed by atoms with Crippen molar-refractivity contribution in [3.63, 3.8) is 0 Å². The van der Waals surface area contributed by atoms with Gasteiger partial charge in [-0.2, -0.15) is 5.26 Å². The summed E-state index contributed by atoms with van der Waals surface area (Å²) in [5.41, 5.74) is 1.23. The molecule has 1 aliphatic rings. The lowest BCUT2D eigenvalue weighted by molar-refractivity contribution is 0.264. The third kappa shape index (κ3) is 3.04. The second kappa shape index (κ2) is 6.21. The molecule has 0 bridgehead atoms. The summed E-state index contributed by atoms with van der Waals surface area (Å²) in [6.45, 7) is 3.04. The van der Waals surface area contributed by atoms with Crippen molar-refractivity contribution in [2.45, 2.75) is 18.9 Å². The molecule has 0 amide bonds. The van der Waals surface area contributed by atoms with Gasteiger partial charge in [-0.15, -0.1) is 0 Å². The summed E-state index contributed by atoms with van der Waals surface area (Å²) in [6, 6.07) is 10.9. The summed E-state index contributed by atoms with van der Waals surface area (Å²) in [4.78, 5) is 4.69. The van der Waals surface area contributed by atoms with Crippen molar-refractivity contribution in [2.24, 2.45) is 0 Å². The van der Waals surface area contributed by atoms with E-state index in [0.717, 1.165) is 30.5 Å². The number of para-hydroxylation sites is 1. The predicted molar refractivity (Wildman–Crippen MR) is 77.6 cm³/mol. The first-order chi connectivity index (χ1) is 8.72. The van der Waals surface area contributed by atoms with Gasteiger partial charge in [0.15, 0.2) is 0 Å². The molecule has 1 atom stereocenters. The van der Waals surface area contributed by atoms with E-state index in [-0.39, 0.29) is 0 Å². The number of benzene rings is 1. The van der Waals surface area contributed by atoms with Gasteiger partial charge in [0.1, 0.15) is 0 Å². The summed E-state index contributed by atoms with van der Waals surface area (Å²) in [5, 5.41) is 8.94. The fourth-order valence-corrected chi connectivity index (χ4v) is 2.97. The van der Waals surface area contributed by atoms with Gasteiger partial charge in [-0.1, -0.05) is 12.1 Å². The van der Waals surface area contributed by atoms with Gasteiger partial charge in [0.05, 0.1) is 18.2 Å². The van der Waals surface area contributed by atoms with Gasteiger partial charge in [0.25, 0.3) is 0 Å². The standard InChI is InChI=1S/C14H18BrN3/c1-17-9-4-10-18(11-12(17)7-8-16)14-6-3-2-5-13(14)15/h2-3,5-6,12H,4,7,9-11H2,1H3. The van der Waals surface area contributed by atoms with Crippen molar-refractivity contribution in [3.05, 3.63) is 28.7 Å². The van der Waals surface area contributed by atoms with Gasteiger partial charge < -0.3 is 9.80 Å². The molecule has 1 heterocycles. The number of hydrogen-bond donors (Lipinski definition) is 0. The maximum absolute atomic E-state index is 8.94. The average Bonchev–Trinajstić information content (AvgIpc) is 2.54. The van der Waals surface area contributed by atoms with E-state index >= 15 is 0 Å². The molecule has 0 aliphatic carbocycles. The van der Waals surface area contributed by atoms with Crippen LogP contribution < -0.4 is 4.90 Å². The zero-order valence-corrected chi connectivity index (χ0v) is 12.2. The van der Waals surface area contributed by atoms with Crippen molar-refractivity contribution in [2.75, 3.05) is 31.6 Å². The van der Waals surface area contributed by atoms with Gasteiger partial charge >= 0.3 is 0 Å². The van der Waals surface area contributed by atoms with E-state index in [1.165, 1.54) is 5.69 Å². The maximum Gasteiger partial charge on any atom is 0.0638 e. The van der Waals surface area contributed by atoms with Gasteiger partial charge in [-0.25, -0.2) is 0 Å². The molecule has 1 fully saturated rings. The minimum Gasteiger partial charge on any atom is -0.369 e. The van der Waals surface area contributed by atoms with Crippen LogP contribution in [0.1, 0.15) is 12.8 Å². The summed E-state index contributed by atoms with van der Waals surface area (Å²) in [6.07, 6.45) is 1.73. The highest BCUT2D eigenvalue weighted by Crippen LogP contribution is 2.27. The molecule has 2 rings (SSSR count). The van der Waals surface area contributed by atoms with Crippen LogP contribution in [-0.4, -0.2) is 37.6 Å². The lowest BCUT2D eigenvalue weighted by atomic mass is 10.2. The van der Waals surface area contributed by atoms with Crippen LogP contribution in [0.4, 0.5) is 5.69 Å². The molecule has 0 saturated carbocycles. The lowest BCUT2D eigenvalue weighted by Gasteiger charge is -2.29. The summed E-state index contributed by atoms with van der Waals surface area (Å²) in [5.74, 6) is 0. The second-order valence-electron chi connectivity index (χ2n) is 4.75. The maximum atomic E-state index is 8.94. The van der Waals surface area contributed by atoms with Gasteiger partial charge in [0, 0.05) is 23.6 Å². The lowest BCUT2D eigenvalue weighted by Crippen LogP contribution is -2.38. The Morgan fingerprint density at radius 3 is 2.89 bits per heavy atom. The minimum absolute atomic E-state index is 0.324. The van der Waals surface area contributed by atoms with Crippen molar-refractivity contribution in [1.82, 2.24) is 4.90 Å². The van der Waals surface area contributed by atoms with E-state index in [0.29, 0.717) is 12.5 Å². The van der Waals surface area contributed by atoms with Gasteiger partial charge in [0.2, 0.25) is 0 Å². The van der Waals surface area contributed by atoms with E-state index in [4.69, 9.17) is 5.26 Å². The topological polar surface area (TPSA) is 30.3 Å². The molecule has 18 heavy (non-hydrogen) atoms. The summed E-state index contributed by atoms with van der Waals surface area (Å²) < 4.78 is 1.13. The van der Waals surface area contributed by atoms with E-state index in [2.05, 4.69) is 57.0 Å². The minimum atomic E-state index is 0.324. The van der Waals surface area contributed by atoms with Crippen LogP contribution in [0.15, 0.2) is 28.7 Å². The van der Waals surface area contributed by atoms with Crippen LogP contribution in [0.25, 0.3) is 0 Å². The first-order valence-electron chi connectivity index (χ1n) is 6.29. The number of nitrogens with zero attached hydrogens (tertiary/aromatic N) is 3.